The molecule has 1 N–H and O–H groups in total. The highest BCUT2D eigenvalue weighted by Crippen LogP contribution is 2.32. The van der Waals surface area contributed by atoms with E-state index in [1.807, 2.05) is 0 Å². The zero-order valence-electron chi connectivity index (χ0n) is 17.6. The van der Waals surface area contributed by atoms with Gasteiger partial charge >= 0.3 is 11.9 Å². The Hall–Kier alpha value is -4.54. The fourth-order valence-corrected chi connectivity index (χ4v) is 3.60. The highest BCUT2D eigenvalue weighted by Gasteiger charge is 2.30. The number of aromatic amines is 1. The summed E-state index contributed by atoms with van der Waals surface area (Å²) in [4.78, 5) is 32.2. The van der Waals surface area contributed by atoms with Crippen molar-refractivity contribution < 1.29 is 22.1 Å². The molecule has 0 saturated carbocycles. The van der Waals surface area contributed by atoms with Crippen molar-refractivity contribution in [2.45, 2.75) is 12.7 Å². The number of nitrogens with zero attached hydrogens (tertiary/aromatic N) is 3. The summed E-state index contributed by atoms with van der Waals surface area (Å²) in [7, 11) is 0. The van der Waals surface area contributed by atoms with E-state index in [0.717, 1.165) is 16.7 Å². The second-order valence-electron chi connectivity index (χ2n) is 7.71. The van der Waals surface area contributed by atoms with E-state index in [2.05, 4.69) is 15.1 Å². The van der Waals surface area contributed by atoms with Gasteiger partial charge in [0, 0.05) is 11.1 Å². The predicted octanol–water partition coefficient (Wildman–Crippen LogP) is 4.61. The molecule has 7 nitrogen and oxygen atoms in total. The molecule has 0 radical (unpaired) electrons. The maximum absolute atomic E-state index is 13.1. The van der Waals surface area contributed by atoms with Crippen LogP contribution in [0.1, 0.15) is 11.1 Å². The number of hydrogen-bond donors (Lipinski definition) is 1. The van der Waals surface area contributed by atoms with E-state index in [1.54, 1.807) is 0 Å². The summed E-state index contributed by atoms with van der Waals surface area (Å²) in [6, 6.07) is 14.4. The number of rotatable bonds is 4. The molecule has 11 heteroatoms. The molecule has 5 rings (SSSR count). The molecule has 2 aromatic heterocycles. The van der Waals surface area contributed by atoms with Crippen LogP contribution in [0.5, 0.6) is 0 Å². The minimum atomic E-state index is -4.52. The van der Waals surface area contributed by atoms with E-state index >= 15 is 0 Å². The predicted molar refractivity (Wildman–Crippen MR) is 118 cm³/mol. The van der Waals surface area contributed by atoms with Crippen molar-refractivity contribution in [1.29, 1.82) is 0 Å². The highest BCUT2D eigenvalue weighted by molar-refractivity contribution is 5.82. The van der Waals surface area contributed by atoms with E-state index in [9.17, 15) is 27.2 Å². The van der Waals surface area contributed by atoms with Gasteiger partial charge in [-0.05, 0) is 48.0 Å². The van der Waals surface area contributed by atoms with Crippen LogP contribution < -0.4 is 11.2 Å². The first-order valence-corrected chi connectivity index (χ1v) is 10.2. The average Bonchev–Trinajstić information content (AvgIpc) is 3.33. The van der Waals surface area contributed by atoms with Gasteiger partial charge in [-0.3, -0.25) is 9.36 Å². The molecular weight excluding hydrogens is 468 g/mol. The molecule has 2 heterocycles. The first kappa shape index (κ1) is 22.3. The van der Waals surface area contributed by atoms with E-state index in [1.165, 1.54) is 54.6 Å². The van der Waals surface area contributed by atoms with E-state index in [0.29, 0.717) is 11.1 Å². The Bertz CT molecular complexity index is 1670. The molecule has 0 spiro atoms. The number of hydrogen-bond acceptors (Lipinski definition) is 5. The fraction of sp³-hybridized carbons (Fsp3) is 0.0833. The summed E-state index contributed by atoms with van der Waals surface area (Å²) >= 11 is 0. The van der Waals surface area contributed by atoms with Crippen LogP contribution in [0.2, 0.25) is 0 Å². The molecule has 0 bridgehead atoms. The molecule has 0 aliphatic rings. The summed E-state index contributed by atoms with van der Waals surface area (Å²) in [6.07, 6.45) is -4.52. The maximum Gasteiger partial charge on any atom is 0.416 e. The third-order valence-corrected chi connectivity index (χ3v) is 5.36. The molecule has 0 saturated heterocycles. The van der Waals surface area contributed by atoms with Crippen molar-refractivity contribution in [3.63, 3.8) is 0 Å². The zero-order chi connectivity index (χ0) is 24.7. The lowest BCUT2D eigenvalue weighted by Crippen LogP contribution is -2.35. The maximum atomic E-state index is 13.1. The minimum absolute atomic E-state index is 0.00403. The van der Waals surface area contributed by atoms with Gasteiger partial charge in [-0.15, -0.1) is 0 Å². The molecule has 0 aliphatic carbocycles. The number of H-pyrrole nitrogens is 1. The number of benzene rings is 3. The lowest BCUT2D eigenvalue weighted by molar-refractivity contribution is -0.137. The van der Waals surface area contributed by atoms with Crippen LogP contribution in [-0.4, -0.2) is 19.7 Å². The van der Waals surface area contributed by atoms with Gasteiger partial charge in [0.2, 0.25) is 5.82 Å². The molecule has 0 aliphatic heterocycles. The van der Waals surface area contributed by atoms with Crippen molar-refractivity contribution in [3.05, 3.63) is 105 Å². The molecule has 176 valence electrons. The van der Waals surface area contributed by atoms with Crippen LogP contribution in [0.4, 0.5) is 17.6 Å². The molecular formula is C24H14F4N4O3. The van der Waals surface area contributed by atoms with Gasteiger partial charge in [-0.25, -0.2) is 9.18 Å². The topological polar surface area (TPSA) is 93.8 Å². The van der Waals surface area contributed by atoms with Gasteiger partial charge in [0.15, 0.2) is 0 Å². The highest BCUT2D eigenvalue weighted by atomic mass is 19.4. The van der Waals surface area contributed by atoms with Gasteiger partial charge in [-0.2, -0.15) is 18.2 Å². The average molecular weight is 482 g/mol. The van der Waals surface area contributed by atoms with Crippen LogP contribution in [0.3, 0.4) is 0 Å². The van der Waals surface area contributed by atoms with Crippen molar-refractivity contribution in [2.24, 2.45) is 0 Å². The van der Waals surface area contributed by atoms with E-state index in [-0.39, 0.29) is 34.7 Å². The van der Waals surface area contributed by atoms with Gasteiger partial charge in [-0.1, -0.05) is 29.4 Å². The Morgan fingerprint density at radius 1 is 0.943 bits per heavy atom. The second-order valence-corrected chi connectivity index (χ2v) is 7.71. The monoisotopic (exact) mass is 482 g/mol. The smallest absolute Gasteiger partial charge is 0.334 e. The summed E-state index contributed by atoms with van der Waals surface area (Å²) in [5.41, 5.74) is -0.799. The Morgan fingerprint density at radius 3 is 2.46 bits per heavy atom. The molecule has 5 aromatic rings. The third kappa shape index (κ3) is 4.35. The standard InChI is InChI=1S/C24H14F4N4O3/c25-17-7-4-13(5-8-17)12-32-22(33)18-9-6-15(11-19(18)29-23(32)34)21-30-20(31-35-21)14-2-1-3-16(10-14)24(26,27)28/h1-11H,12H2,(H,29,34). The number of alkyl halides is 3. The van der Waals surface area contributed by atoms with Crippen LogP contribution in [0.15, 0.2) is 80.8 Å². The number of halogens is 4. The molecule has 35 heavy (non-hydrogen) atoms. The van der Waals surface area contributed by atoms with Gasteiger partial charge in [0.05, 0.1) is 23.0 Å². The lowest BCUT2D eigenvalue weighted by atomic mass is 10.1. The summed E-state index contributed by atoms with van der Waals surface area (Å²) < 4.78 is 58.3. The normalized spacial score (nSPS) is 11.8. The van der Waals surface area contributed by atoms with Gasteiger partial charge < -0.3 is 9.51 Å². The van der Waals surface area contributed by atoms with E-state index in [4.69, 9.17) is 4.52 Å². The number of nitrogens with one attached hydrogen (secondary N) is 1. The van der Waals surface area contributed by atoms with Crippen LogP contribution in [-0.2, 0) is 12.7 Å². The van der Waals surface area contributed by atoms with Crippen molar-refractivity contribution in [3.8, 4) is 22.8 Å². The lowest BCUT2D eigenvalue weighted by Gasteiger charge is -2.07. The summed E-state index contributed by atoms with van der Waals surface area (Å²) in [5.74, 6) is -0.483. The summed E-state index contributed by atoms with van der Waals surface area (Å²) in [5, 5.41) is 3.97. The second kappa shape index (κ2) is 8.35. The Labute approximate surface area is 193 Å². The van der Waals surface area contributed by atoms with Crippen molar-refractivity contribution >= 4 is 10.9 Å². The molecule has 3 aromatic carbocycles. The van der Waals surface area contributed by atoms with Crippen molar-refractivity contribution in [1.82, 2.24) is 19.7 Å². The number of fused-ring (bicyclic) bond motifs is 1. The Kier molecular flexibility index (Phi) is 5.31. The van der Waals surface area contributed by atoms with Gasteiger partial charge in [0.25, 0.3) is 11.4 Å². The van der Waals surface area contributed by atoms with Crippen LogP contribution >= 0.6 is 0 Å². The van der Waals surface area contributed by atoms with E-state index < -0.39 is 28.8 Å². The number of aromatic nitrogens is 4. The Morgan fingerprint density at radius 2 is 1.71 bits per heavy atom. The quantitative estimate of drug-likeness (QED) is 0.378. The Balaban J connectivity index is 1.49. The summed E-state index contributed by atoms with van der Waals surface area (Å²) in [6.45, 7) is -0.0455. The molecule has 0 amide bonds. The third-order valence-electron chi connectivity index (χ3n) is 5.36. The van der Waals surface area contributed by atoms with Crippen LogP contribution in [0, 0.1) is 5.82 Å². The SMILES string of the molecule is O=c1[nH]c2cc(-c3nc(-c4cccc(C(F)(F)F)c4)no3)ccc2c(=O)n1Cc1ccc(F)cc1. The first-order valence-electron chi connectivity index (χ1n) is 10.2. The molecule has 0 fully saturated rings. The fourth-order valence-electron chi connectivity index (χ4n) is 3.60. The van der Waals surface area contributed by atoms with Crippen molar-refractivity contribution in [2.75, 3.05) is 0 Å². The van der Waals surface area contributed by atoms with Gasteiger partial charge in [0.1, 0.15) is 5.82 Å². The van der Waals surface area contributed by atoms with Crippen LogP contribution in [0.25, 0.3) is 33.7 Å². The first-order chi connectivity index (χ1) is 16.7. The zero-order valence-corrected chi connectivity index (χ0v) is 17.6. The molecule has 0 atom stereocenters. The minimum Gasteiger partial charge on any atom is -0.334 e. The molecule has 0 unspecified atom stereocenters. The largest absolute Gasteiger partial charge is 0.416 e.